The van der Waals surface area contributed by atoms with E-state index in [0.29, 0.717) is 5.56 Å². The summed E-state index contributed by atoms with van der Waals surface area (Å²) >= 11 is 0. The van der Waals surface area contributed by atoms with Gasteiger partial charge < -0.3 is 0 Å². The first-order chi connectivity index (χ1) is 6.88. The third-order valence-electron chi connectivity index (χ3n) is 2.27. The van der Waals surface area contributed by atoms with Crippen LogP contribution < -0.4 is 0 Å². The van der Waals surface area contributed by atoms with Gasteiger partial charge in [0.2, 0.25) is 0 Å². The van der Waals surface area contributed by atoms with Crippen LogP contribution in [0.4, 0.5) is 14.5 Å². The zero-order valence-corrected chi connectivity index (χ0v) is 8.46. The lowest BCUT2D eigenvalue weighted by atomic mass is 10.00. The first-order valence-corrected chi connectivity index (χ1v) is 4.52. The van der Waals surface area contributed by atoms with Crippen molar-refractivity contribution in [2.24, 2.45) is 0 Å². The molecule has 0 heterocycles. The highest BCUT2D eigenvalue weighted by atomic mass is 19.3. The normalized spacial score (nSPS) is 11.5. The van der Waals surface area contributed by atoms with Crippen molar-refractivity contribution in [2.75, 3.05) is 0 Å². The van der Waals surface area contributed by atoms with Gasteiger partial charge in [-0.3, -0.25) is 10.1 Å². The van der Waals surface area contributed by atoms with E-state index in [2.05, 4.69) is 0 Å². The molecule has 1 rings (SSSR count). The number of aryl methyl sites for hydroxylation is 1. The molecule has 0 amide bonds. The SMILES string of the molecule is CCC(F)(F)c1cc([N+](=O)[O-])ccc1C. The van der Waals surface area contributed by atoms with E-state index in [0.717, 1.165) is 6.07 Å². The number of rotatable bonds is 3. The minimum absolute atomic E-state index is 0.265. The second-order valence-electron chi connectivity index (χ2n) is 3.31. The average molecular weight is 215 g/mol. The van der Waals surface area contributed by atoms with E-state index in [1.165, 1.54) is 26.0 Å². The van der Waals surface area contributed by atoms with Crippen molar-refractivity contribution in [3.63, 3.8) is 0 Å². The number of alkyl halides is 2. The fraction of sp³-hybridized carbons (Fsp3) is 0.400. The van der Waals surface area contributed by atoms with Gasteiger partial charge in [-0.1, -0.05) is 13.0 Å². The number of hydrogen-bond donors (Lipinski definition) is 0. The van der Waals surface area contributed by atoms with Crippen LogP contribution in [0, 0.1) is 17.0 Å². The van der Waals surface area contributed by atoms with Crippen LogP contribution >= 0.6 is 0 Å². The molecule has 0 spiro atoms. The van der Waals surface area contributed by atoms with Gasteiger partial charge in [0, 0.05) is 24.1 Å². The Balaban J connectivity index is 3.28. The quantitative estimate of drug-likeness (QED) is 0.572. The van der Waals surface area contributed by atoms with Crippen molar-refractivity contribution in [3.8, 4) is 0 Å². The Hall–Kier alpha value is -1.52. The van der Waals surface area contributed by atoms with Crippen molar-refractivity contribution in [2.45, 2.75) is 26.2 Å². The molecule has 0 aromatic heterocycles. The van der Waals surface area contributed by atoms with Gasteiger partial charge in [0.05, 0.1) is 4.92 Å². The molecule has 0 aliphatic rings. The van der Waals surface area contributed by atoms with E-state index < -0.39 is 10.8 Å². The van der Waals surface area contributed by atoms with Crippen LogP contribution in [0.2, 0.25) is 0 Å². The van der Waals surface area contributed by atoms with Crippen molar-refractivity contribution < 1.29 is 13.7 Å². The van der Waals surface area contributed by atoms with Crippen LogP contribution in [0.3, 0.4) is 0 Å². The molecular formula is C10H11F2NO2. The van der Waals surface area contributed by atoms with E-state index in [4.69, 9.17) is 0 Å². The molecule has 1 aromatic rings. The number of non-ortho nitro benzene ring substituents is 1. The molecule has 1 aromatic carbocycles. The van der Waals surface area contributed by atoms with E-state index in [-0.39, 0.29) is 17.7 Å². The highest BCUT2D eigenvalue weighted by Crippen LogP contribution is 2.35. The second kappa shape index (κ2) is 3.92. The first-order valence-electron chi connectivity index (χ1n) is 4.52. The summed E-state index contributed by atoms with van der Waals surface area (Å²) in [6.07, 6.45) is -0.366. The third-order valence-corrected chi connectivity index (χ3v) is 2.27. The molecule has 15 heavy (non-hydrogen) atoms. The lowest BCUT2D eigenvalue weighted by Crippen LogP contribution is -2.13. The number of benzene rings is 1. The molecule has 0 saturated carbocycles. The van der Waals surface area contributed by atoms with Gasteiger partial charge in [-0.15, -0.1) is 0 Å². The predicted molar refractivity (Wildman–Crippen MR) is 52.0 cm³/mol. The maximum atomic E-state index is 13.4. The van der Waals surface area contributed by atoms with Crippen LogP contribution in [-0.2, 0) is 5.92 Å². The topological polar surface area (TPSA) is 43.1 Å². The maximum absolute atomic E-state index is 13.4. The summed E-state index contributed by atoms with van der Waals surface area (Å²) < 4.78 is 26.7. The second-order valence-corrected chi connectivity index (χ2v) is 3.31. The Morgan fingerprint density at radius 1 is 1.47 bits per heavy atom. The molecule has 0 aliphatic heterocycles. The fourth-order valence-electron chi connectivity index (χ4n) is 1.31. The molecule has 0 N–H and O–H groups in total. The maximum Gasteiger partial charge on any atom is 0.273 e. The smallest absolute Gasteiger partial charge is 0.258 e. The summed E-state index contributed by atoms with van der Waals surface area (Å²) in [4.78, 5) is 9.77. The molecule has 3 nitrogen and oxygen atoms in total. The van der Waals surface area contributed by atoms with Gasteiger partial charge in [0.25, 0.3) is 11.6 Å². The van der Waals surface area contributed by atoms with Gasteiger partial charge in [0.15, 0.2) is 0 Å². The Bertz CT molecular complexity index is 391. The summed E-state index contributed by atoms with van der Waals surface area (Å²) in [5, 5.41) is 10.4. The zero-order chi connectivity index (χ0) is 11.6. The van der Waals surface area contributed by atoms with Gasteiger partial charge >= 0.3 is 0 Å². The molecule has 0 atom stereocenters. The summed E-state index contributed by atoms with van der Waals surface area (Å²) in [5.41, 5.74) is -0.199. The van der Waals surface area contributed by atoms with Crippen molar-refractivity contribution in [3.05, 3.63) is 39.4 Å². The summed E-state index contributed by atoms with van der Waals surface area (Å²) in [5.74, 6) is -3.00. The number of nitrogens with zero attached hydrogens (tertiary/aromatic N) is 1. The standard InChI is InChI=1S/C10H11F2NO2/c1-3-10(11,12)9-6-8(13(14)15)5-4-7(9)2/h4-6H,3H2,1-2H3. The monoisotopic (exact) mass is 215 g/mol. The van der Waals surface area contributed by atoms with Crippen LogP contribution in [0.5, 0.6) is 0 Å². The minimum Gasteiger partial charge on any atom is -0.258 e. The van der Waals surface area contributed by atoms with Crippen LogP contribution in [0.15, 0.2) is 18.2 Å². The van der Waals surface area contributed by atoms with E-state index in [9.17, 15) is 18.9 Å². The van der Waals surface area contributed by atoms with Crippen LogP contribution in [0.1, 0.15) is 24.5 Å². The van der Waals surface area contributed by atoms with Gasteiger partial charge in [-0.25, -0.2) is 8.78 Å². The molecule has 0 radical (unpaired) electrons. The van der Waals surface area contributed by atoms with Crippen molar-refractivity contribution >= 4 is 5.69 Å². The van der Waals surface area contributed by atoms with Crippen LogP contribution in [0.25, 0.3) is 0 Å². The Morgan fingerprint density at radius 2 is 2.07 bits per heavy atom. The molecule has 82 valence electrons. The molecular weight excluding hydrogens is 204 g/mol. The van der Waals surface area contributed by atoms with Crippen LogP contribution in [-0.4, -0.2) is 4.92 Å². The fourth-order valence-corrected chi connectivity index (χ4v) is 1.31. The lowest BCUT2D eigenvalue weighted by molar-refractivity contribution is -0.385. The van der Waals surface area contributed by atoms with Crippen molar-refractivity contribution in [1.29, 1.82) is 0 Å². The Kier molecular flexibility index (Phi) is 3.02. The number of nitro benzene ring substituents is 1. The molecule has 5 heteroatoms. The first kappa shape index (κ1) is 11.6. The highest BCUT2D eigenvalue weighted by molar-refractivity contribution is 5.41. The molecule has 0 unspecified atom stereocenters. The van der Waals surface area contributed by atoms with E-state index in [1.807, 2.05) is 0 Å². The third kappa shape index (κ3) is 2.29. The number of nitro groups is 1. The molecule has 0 aliphatic carbocycles. The number of hydrogen-bond acceptors (Lipinski definition) is 2. The summed E-state index contributed by atoms with van der Waals surface area (Å²) in [6, 6.07) is 3.51. The largest absolute Gasteiger partial charge is 0.273 e. The Morgan fingerprint density at radius 3 is 2.53 bits per heavy atom. The summed E-state index contributed by atoms with van der Waals surface area (Å²) in [7, 11) is 0. The van der Waals surface area contributed by atoms with E-state index >= 15 is 0 Å². The van der Waals surface area contributed by atoms with Gasteiger partial charge in [0.1, 0.15) is 0 Å². The van der Waals surface area contributed by atoms with Crippen molar-refractivity contribution in [1.82, 2.24) is 0 Å². The molecule has 0 fully saturated rings. The van der Waals surface area contributed by atoms with E-state index in [1.54, 1.807) is 0 Å². The number of halogens is 2. The predicted octanol–water partition coefficient (Wildman–Crippen LogP) is 3.41. The minimum atomic E-state index is -3.00. The zero-order valence-electron chi connectivity index (χ0n) is 8.46. The van der Waals surface area contributed by atoms with Gasteiger partial charge in [-0.2, -0.15) is 0 Å². The Labute approximate surface area is 85.9 Å². The molecule has 0 saturated heterocycles. The summed E-state index contributed by atoms with van der Waals surface area (Å²) in [6.45, 7) is 2.86. The average Bonchev–Trinajstić information content (AvgIpc) is 2.17. The van der Waals surface area contributed by atoms with Gasteiger partial charge in [-0.05, 0) is 12.5 Å². The lowest BCUT2D eigenvalue weighted by Gasteiger charge is -2.16. The highest BCUT2D eigenvalue weighted by Gasteiger charge is 2.32. The molecule has 0 bridgehead atoms.